The molecule has 0 spiro atoms. The number of imidazole rings is 1. The molecule has 124 valence electrons. The quantitative estimate of drug-likeness (QED) is 0.609. The van der Waals surface area contributed by atoms with Gasteiger partial charge in [-0.1, -0.05) is 42.5 Å². The Bertz CT molecular complexity index is 995. The molecule has 0 bridgehead atoms. The van der Waals surface area contributed by atoms with Crippen LogP contribution in [0, 0.1) is 0 Å². The summed E-state index contributed by atoms with van der Waals surface area (Å²) in [6.07, 6.45) is 5.47. The van der Waals surface area contributed by atoms with Crippen molar-refractivity contribution in [3.8, 4) is 17.0 Å². The first-order chi connectivity index (χ1) is 12.4. The van der Waals surface area contributed by atoms with Crippen LogP contribution in [0.25, 0.3) is 16.9 Å². The highest BCUT2D eigenvalue weighted by Gasteiger charge is 2.13. The summed E-state index contributed by atoms with van der Waals surface area (Å²) in [5.41, 5.74) is 10.4. The van der Waals surface area contributed by atoms with E-state index in [4.69, 9.17) is 10.5 Å². The normalized spacial score (nSPS) is 10.9. The molecule has 0 saturated carbocycles. The maximum Gasteiger partial charge on any atom is 0.160 e. The number of aromatic nitrogens is 3. The average Bonchev–Trinajstić information content (AvgIpc) is 3.11. The molecule has 2 N–H and O–H groups in total. The van der Waals surface area contributed by atoms with Crippen molar-refractivity contribution in [3.63, 3.8) is 0 Å². The number of para-hydroxylation sites is 1. The third-order valence-electron chi connectivity index (χ3n) is 4.09. The Hall–Kier alpha value is -3.18. The molecule has 25 heavy (non-hydrogen) atoms. The van der Waals surface area contributed by atoms with Gasteiger partial charge in [0, 0.05) is 24.5 Å². The van der Waals surface area contributed by atoms with Crippen LogP contribution in [0.3, 0.4) is 0 Å². The summed E-state index contributed by atoms with van der Waals surface area (Å²) in [5, 5.41) is 0. The third-order valence-corrected chi connectivity index (χ3v) is 4.09. The highest BCUT2D eigenvalue weighted by atomic mass is 16.5. The Morgan fingerprint density at radius 1 is 0.960 bits per heavy atom. The Balaban J connectivity index is 1.72. The summed E-state index contributed by atoms with van der Waals surface area (Å²) in [6, 6.07) is 18.1. The summed E-state index contributed by atoms with van der Waals surface area (Å²) in [5.74, 6) is 0.819. The van der Waals surface area contributed by atoms with E-state index in [1.165, 1.54) is 0 Å². The minimum Gasteiger partial charge on any atom is -0.488 e. The van der Waals surface area contributed by atoms with Gasteiger partial charge in [-0.3, -0.25) is 9.38 Å². The van der Waals surface area contributed by atoms with Gasteiger partial charge in [0.2, 0.25) is 0 Å². The van der Waals surface area contributed by atoms with E-state index in [1.54, 1.807) is 6.20 Å². The molecule has 4 aromatic rings. The van der Waals surface area contributed by atoms with Crippen LogP contribution in [0.5, 0.6) is 5.75 Å². The Kier molecular flexibility index (Phi) is 4.14. The van der Waals surface area contributed by atoms with Gasteiger partial charge in [-0.05, 0) is 17.7 Å². The second-order valence-corrected chi connectivity index (χ2v) is 5.69. The van der Waals surface area contributed by atoms with E-state index in [2.05, 4.69) is 22.1 Å². The number of benzene rings is 2. The average molecular weight is 330 g/mol. The molecule has 4 rings (SSSR count). The van der Waals surface area contributed by atoms with E-state index in [-0.39, 0.29) is 0 Å². The fourth-order valence-electron chi connectivity index (χ4n) is 2.86. The van der Waals surface area contributed by atoms with Gasteiger partial charge in [0.15, 0.2) is 5.65 Å². The van der Waals surface area contributed by atoms with Crippen LogP contribution in [0.1, 0.15) is 11.3 Å². The van der Waals surface area contributed by atoms with Crippen molar-refractivity contribution in [2.45, 2.75) is 13.2 Å². The molecule has 0 unspecified atom stereocenters. The molecule has 0 atom stereocenters. The van der Waals surface area contributed by atoms with Gasteiger partial charge >= 0.3 is 0 Å². The molecule has 5 nitrogen and oxygen atoms in total. The number of hydrogen-bond acceptors (Lipinski definition) is 4. The van der Waals surface area contributed by atoms with Gasteiger partial charge in [-0.2, -0.15) is 0 Å². The SMILES string of the molecule is NCc1nccn2c(-c3ccccc3OCc3ccccc3)cnc12. The second kappa shape index (κ2) is 6.75. The summed E-state index contributed by atoms with van der Waals surface area (Å²) in [4.78, 5) is 8.78. The Morgan fingerprint density at radius 3 is 2.60 bits per heavy atom. The molecule has 0 radical (unpaired) electrons. The van der Waals surface area contributed by atoms with Gasteiger partial charge < -0.3 is 10.5 Å². The Morgan fingerprint density at radius 2 is 1.76 bits per heavy atom. The van der Waals surface area contributed by atoms with E-state index in [1.807, 2.05) is 59.3 Å². The lowest BCUT2D eigenvalue weighted by molar-refractivity contribution is 0.307. The van der Waals surface area contributed by atoms with Crippen LogP contribution in [0.2, 0.25) is 0 Å². The van der Waals surface area contributed by atoms with E-state index in [9.17, 15) is 0 Å². The molecule has 0 saturated heterocycles. The zero-order valence-corrected chi connectivity index (χ0v) is 13.7. The fourth-order valence-corrected chi connectivity index (χ4v) is 2.86. The van der Waals surface area contributed by atoms with Gasteiger partial charge in [0.1, 0.15) is 12.4 Å². The van der Waals surface area contributed by atoms with Gasteiger partial charge in [0.05, 0.1) is 17.6 Å². The van der Waals surface area contributed by atoms with Gasteiger partial charge in [-0.15, -0.1) is 0 Å². The molecule has 2 aromatic heterocycles. The zero-order valence-electron chi connectivity index (χ0n) is 13.7. The van der Waals surface area contributed by atoms with Crippen molar-refractivity contribution in [1.29, 1.82) is 0 Å². The highest BCUT2D eigenvalue weighted by molar-refractivity contribution is 5.70. The number of hydrogen-bond donors (Lipinski definition) is 1. The Labute approximate surface area is 145 Å². The number of ether oxygens (including phenoxy) is 1. The second-order valence-electron chi connectivity index (χ2n) is 5.69. The summed E-state index contributed by atoms with van der Waals surface area (Å²) in [7, 11) is 0. The molecule has 2 aromatic carbocycles. The fraction of sp³-hybridized carbons (Fsp3) is 0.100. The molecule has 0 fully saturated rings. The maximum atomic E-state index is 6.07. The number of nitrogens with two attached hydrogens (primary N) is 1. The maximum absolute atomic E-state index is 6.07. The summed E-state index contributed by atoms with van der Waals surface area (Å²) < 4.78 is 8.07. The van der Waals surface area contributed by atoms with Crippen LogP contribution in [0.15, 0.2) is 73.2 Å². The number of nitrogens with zero attached hydrogens (tertiary/aromatic N) is 3. The van der Waals surface area contributed by atoms with Gasteiger partial charge in [0.25, 0.3) is 0 Å². The van der Waals surface area contributed by atoms with Crippen molar-refractivity contribution in [2.75, 3.05) is 0 Å². The minimum atomic E-state index is 0.354. The third kappa shape index (κ3) is 2.97. The lowest BCUT2D eigenvalue weighted by Crippen LogP contribution is -2.03. The monoisotopic (exact) mass is 330 g/mol. The van der Waals surface area contributed by atoms with Crippen molar-refractivity contribution in [2.24, 2.45) is 5.73 Å². The van der Waals surface area contributed by atoms with Crippen LogP contribution >= 0.6 is 0 Å². The summed E-state index contributed by atoms with van der Waals surface area (Å²) in [6.45, 7) is 0.872. The molecular formula is C20H18N4O. The highest BCUT2D eigenvalue weighted by Crippen LogP contribution is 2.31. The van der Waals surface area contributed by atoms with Gasteiger partial charge in [-0.25, -0.2) is 4.98 Å². The van der Waals surface area contributed by atoms with Crippen LogP contribution in [-0.2, 0) is 13.2 Å². The first-order valence-corrected chi connectivity index (χ1v) is 8.14. The predicted octanol–water partition coefficient (Wildman–Crippen LogP) is 3.43. The molecular weight excluding hydrogens is 312 g/mol. The minimum absolute atomic E-state index is 0.354. The smallest absolute Gasteiger partial charge is 0.160 e. The largest absolute Gasteiger partial charge is 0.488 e. The zero-order chi connectivity index (χ0) is 17.1. The number of fused-ring (bicyclic) bond motifs is 1. The van der Waals surface area contributed by atoms with Crippen LogP contribution in [-0.4, -0.2) is 14.4 Å². The predicted molar refractivity (Wildman–Crippen MR) is 97.1 cm³/mol. The molecule has 2 heterocycles. The first-order valence-electron chi connectivity index (χ1n) is 8.14. The molecule has 0 aliphatic rings. The summed E-state index contributed by atoms with van der Waals surface area (Å²) >= 11 is 0. The van der Waals surface area contributed by atoms with E-state index in [0.717, 1.165) is 33.9 Å². The molecule has 0 amide bonds. The first kappa shape index (κ1) is 15.4. The topological polar surface area (TPSA) is 65.4 Å². The van der Waals surface area contributed by atoms with Crippen molar-refractivity contribution < 1.29 is 4.74 Å². The molecule has 0 aliphatic heterocycles. The number of rotatable bonds is 5. The lowest BCUT2D eigenvalue weighted by Gasteiger charge is -2.11. The molecule has 5 heteroatoms. The van der Waals surface area contributed by atoms with E-state index < -0.39 is 0 Å². The van der Waals surface area contributed by atoms with E-state index >= 15 is 0 Å². The van der Waals surface area contributed by atoms with Crippen molar-refractivity contribution in [1.82, 2.24) is 14.4 Å². The van der Waals surface area contributed by atoms with Crippen LogP contribution < -0.4 is 10.5 Å². The van der Waals surface area contributed by atoms with Crippen molar-refractivity contribution >= 4 is 5.65 Å². The standard InChI is InChI=1S/C20H18N4O/c21-12-17-20-23-13-18(24(20)11-10-22-17)16-8-4-5-9-19(16)25-14-15-6-2-1-3-7-15/h1-11,13H,12,14,21H2. The van der Waals surface area contributed by atoms with Crippen LogP contribution in [0.4, 0.5) is 0 Å². The molecule has 0 aliphatic carbocycles. The lowest BCUT2D eigenvalue weighted by atomic mass is 10.1. The van der Waals surface area contributed by atoms with E-state index in [0.29, 0.717) is 13.2 Å². The van der Waals surface area contributed by atoms with Crippen molar-refractivity contribution in [3.05, 3.63) is 84.4 Å².